The van der Waals surface area contributed by atoms with Gasteiger partial charge in [-0.05, 0) is 12.1 Å². The Balaban J connectivity index is 2.19. The molecule has 1 aromatic carbocycles. The van der Waals surface area contributed by atoms with Crippen molar-refractivity contribution in [3.8, 4) is 0 Å². The van der Waals surface area contributed by atoms with Gasteiger partial charge in [-0.3, -0.25) is 0 Å². The van der Waals surface area contributed by atoms with Crippen LogP contribution in [0.5, 0.6) is 0 Å². The number of hydrogen-bond donors (Lipinski definition) is 0. The summed E-state index contributed by atoms with van der Waals surface area (Å²) in [5, 5.41) is 3.69. The fraction of sp³-hybridized carbons (Fsp3) is 0.333. The van der Waals surface area contributed by atoms with Crippen molar-refractivity contribution in [2.24, 2.45) is 0 Å². The lowest BCUT2D eigenvalue weighted by Crippen LogP contribution is -2.09. The van der Waals surface area contributed by atoms with Crippen LogP contribution >= 0.6 is 11.6 Å². The zero-order chi connectivity index (χ0) is 14.8. The Bertz CT molecular complexity index is 695. The lowest BCUT2D eigenvalue weighted by atomic mass is 10.2. The Labute approximate surface area is 120 Å². The Morgan fingerprint density at radius 3 is 2.70 bits per heavy atom. The number of benzene rings is 1. The van der Waals surface area contributed by atoms with Crippen LogP contribution < -0.4 is 0 Å². The smallest absolute Gasteiger partial charge is 0.241 e. The van der Waals surface area contributed by atoms with Crippen molar-refractivity contribution >= 4 is 21.4 Å². The van der Waals surface area contributed by atoms with Gasteiger partial charge in [-0.2, -0.15) is 4.98 Å². The number of rotatable bonds is 5. The van der Waals surface area contributed by atoms with Crippen molar-refractivity contribution in [1.29, 1.82) is 0 Å². The molecule has 0 fully saturated rings. The minimum absolute atomic E-state index is 0.00527. The molecule has 2 rings (SSSR count). The quantitative estimate of drug-likeness (QED) is 0.847. The first-order valence-electron chi connectivity index (χ1n) is 5.86. The topological polar surface area (TPSA) is 73.1 Å². The monoisotopic (exact) mass is 318 g/mol. The molecule has 0 saturated heterocycles. The molecule has 0 aliphatic rings. The van der Waals surface area contributed by atoms with Crippen LogP contribution in [0.4, 0.5) is 4.39 Å². The molecule has 0 spiro atoms. The van der Waals surface area contributed by atoms with Gasteiger partial charge in [0.25, 0.3) is 0 Å². The van der Waals surface area contributed by atoms with E-state index in [1.54, 1.807) is 0 Å². The van der Waals surface area contributed by atoms with Crippen molar-refractivity contribution in [3.05, 3.63) is 46.3 Å². The first kappa shape index (κ1) is 14.9. The third kappa shape index (κ3) is 3.55. The lowest BCUT2D eigenvalue weighted by Gasteiger charge is -2.05. The van der Waals surface area contributed by atoms with Crippen molar-refractivity contribution in [1.82, 2.24) is 10.1 Å². The molecule has 0 bridgehead atoms. The van der Waals surface area contributed by atoms with Crippen molar-refractivity contribution in [3.63, 3.8) is 0 Å². The third-order valence-electron chi connectivity index (χ3n) is 2.60. The predicted octanol–water partition coefficient (Wildman–Crippen LogP) is 2.54. The number of halogens is 2. The van der Waals surface area contributed by atoms with Gasteiger partial charge in [0.15, 0.2) is 15.7 Å². The zero-order valence-corrected chi connectivity index (χ0v) is 12.2. The maximum atomic E-state index is 13.6. The van der Waals surface area contributed by atoms with Crippen LogP contribution in [0.1, 0.15) is 24.2 Å². The van der Waals surface area contributed by atoms with Crippen LogP contribution in [0.25, 0.3) is 0 Å². The number of aryl methyl sites for hydroxylation is 1. The molecule has 5 nitrogen and oxygen atoms in total. The minimum Gasteiger partial charge on any atom is -0.338 e. The number of hydrogen-bond acceptors (Lipinski definition) is 5. The van der Waals surface area contributed by atoms with Gasteiger partial charge in [0.2, 0.25) is 5.89 Å². The molecule has 0 N–H and O–H groups in total. The first-order valence-corrected chi connectivity index (χ1v) is 8.06. The summed E-state index contributed by atoms with van der Waals surface area (Å²) < 4.78 is 42.4. The maximum absolute atomic E-state index is 13.6. The van der Waals surface area contributed by atoms with E-state index in [0.29, 0.717) is 12.2 Å². The van der Waals surface area contributed by atoms with Gasteiger partial charge in [0, 0.05) is 17.0 Å². The summed E-state index contributed by atoms with van der Waals surface area (Å²) in [6.45, 7) is 1.82. The van der Waals surface area contributed by atoms with E-state index in [4.69, 9.17) is 16.1 Å². The molecule has 0 aliphatic carbocycles. The molecule has 0 radical (unpaired) electrons. The molecule has 1 aromatic heterocycles. The Hall–Kier alpha value is -1.47. The lowest BCUT2D eigenvalue weighted by molar-refractivity contribution is 0.383. The molecule has 0 unspecified atom stereocenters. The standard InChI is InChI=1S/C12H12ClFN2O3S/c1-2-11-15-12(19-16-11)7-20(17,18)6-8-9(13)4-3-5-10(8)14/h3-5H,2,6-7H2,1H3. The average molecular weight is 319 g/mol. The van der Waals surface area contributed by atoms with Crippen LogP contribution in [0.2, 0.25) is 5.02 Å². The van der Waals surface area contributed by atoms with Crippen LogP contribution in [-0.2, 0) is 27.8 Å². The highest BCUT2D eigenvalue weighted by atomic mass is 35.5. The van der Waals surface area contributed by atoms with Crippen LogP contribution in [0.3, 0.4) is 0 Å². The second kappa shape index (κ2) is 5.88. The maximum Gasteiger partial charge on any atom is 0.241 e. The number of sulfone groups is 1. The summed E-state index contributed by atoms with van der Waals surface area (Å²) in [7, 11) is -3.65. The van der Waals surface area contributed by atoms with E-state index in [1.807, 2.05) is 6.92 Å². The summed E-state index contributed by atoms with van der Waals surface area (Å²) in [5.41, 5.74) is -0.0515. The number of aromatic nitrogens is 2. The van der Waals surface area contributed by atoms with Crippen LogP contribution in [-0.4, -0.2) is 18.6 Å². The molecular formula is C12H12ClFN2O3S. The molecular weight excluding hydrogens is 307 g/mol. The van der Waals surface area contributed by atoms with E-state index in [0.717, 1.165) is 0 Å². The Morgan fingerprint density at radius 1 is 1.35 bits per heavy atom. The highest BCUT2D eigenvalue weighted by molar-refractivity contribution is 7.89. The summed E-state index contributed by atoms with van der Waals surface area (Å²) in [5.74, 6) is -1.18. The second-order valence-electron chi connectivity index (χ2n) is 4.19. The van der Waals surface area contributed by atoms with Gasteiger partial charge < -0.3 is 4.52 Å². The van der Waals surface area contributed by atoms with Gasteiger partial charge in [-0.1, -0.05) is 29.7 Å². The molecule has 0 saturated carbocycles. The fourth-order valence-corrected chi connectivity index (χ4v) is 3.26. The van der Waals surface area contributed by atoms with Crippen LogP contribution in [0, 0.1) is 5.82 Å². The van der Waals surface area contributed by atoms with Gasteiger partial charge in [0.05, 0.1) is 5.75 Å². The minimum atomic E-state index is -3.65. The largest absolute Gasteiger partial charge is 0.338 e. The third-order valence-corrected chi connectivity index (χ3v) is 4.37. The molecule has 2 aromatic rings. The van der Waals surface area contributed by atoms with Crippen molar-refractivity contribution < 1.29 is 17.3 Å². The van der Waals surface area contributed by atoms with E-state index in [2.05, 4.69) is 10.1 Å². The zero-order valence-electron chi connectivity index (χ0n) is 10.6. The molecule has 20 heavy (non-hydrogen) atoms. The molecule has 0 atom stereocenters. The highest BCUT2D eigenvalue weighted by Crippen LogP contribution is 2.22. The Morgan fingerprint density at radius 2 is 2.10 bits per heavy atom. The van der Waals surface area contributed by atoms with Gasteiger partial charge >= 0.3 is 0 Å². The summed E-state index contributed by atoms with van der Waals surface area (Å²) in [6.07, 6.45) is 0.544. The molecule has 108 valence electrons. The fourth-order valence-electron chi connectivity index (χ4n) is 1.62. The Kier molecular flexibility index (Phi) is 4.39. The van der Waals surface area contributed by atoms with E-state index in [-0.39, 0.29) is 16.5 Å². The molecule has 0 amide bonds. The van der Waals surface area contributed by atoms with Crippen molar-refractivity contribution in [2.75, 3.05) is 0 Å². The first-order chi connectivity index (χ1) is 9.41. The van der Waals surface area contributed by atoms with Gasteiger partial charge in [-0.15, -0.1) is 0 Å². The summed E-state index contributed by atoms with van der Waals surface area (Å²) >= 11 is 5.81. The average Bonchev–Trinajstić information content (AvgIpc) is 2.81. The normalized spacial score (nSPS) is 11.8. The molecule has 1 heterocycles. The van der Waals surface area contributed by atoms with E-state index < -0.39 is 27.2 Å². The van der Waals surface area contributed by atoms with Crippen LogP contribution in [0.15, 0.2) is 22.7 Å². The van der Waals surface area contributed by atoms with E-state index >= 15 is 0 Å². The summed E-state index contributed by atoms with van der Waals surface area (Å²) in [6, 6.07) is 4.02. The molecule has 0 aliphatic heterocycles. The van der Waals surface area contributed by atoms with E-state index in [1.165, 1.54) is 18.2 Å². The second-order valence-corrected chi connectivity index (χ2v) is 6.66. The predicted molar refractivity (Wildman–Crippen MR) is 71.4 cm³/mol. The highest BCUT2D eigenvalue weighted by Gasteiger charge is 2.21. The van der Waals surface area contributed by atoms with E-state index in [9.17, 15) is 12.8 Å². The van der Waals surface area contributed by atoms with Crippen molar-refractivity contribution in [2.45, 2.75) is 24.9 Å². The molecule has 8 heteroatoms. The van der Waals surface area contributed by atoms with Gasteiger partial charge in [0.1, 0.15) is 11.6 Å². The number of nitrogens with zero attached hydrogens (tertiary/aromatic N) is 2. The summed E-state index contributed by atoms with van der Waals surface area (Å²) in [4.78, 5) is 3.92. The van der Waals surface area contributed by atoms with Gasteiger partial charge in [-0.25, -0.2) is 12.8 Å². The SMILES string of the molecule is CCc1noc(CS(=O)(=O)Cc2c(F)cccc2Cl)n1.